The third kappa shape index (κ3) is 4.43. The van der Waals surface area contributed by atoms with Gasteiger partial charge in [-0.1, -0.05) is 19.9 Å². The highest BCUT2D eigenvalue weighted by Gasteiger charge is 2.39. The zero-order chi connectivity index (χ0) is 17.7. The van der Waals surface area contributed by atoms with Crippen molar-refractivity contribution >= 4 is 33.1 Å². The zero-order valence-electron chi connectivity index (χ0n) is 13.9. The summed E-state index contributed by atoms with van der Waals surface area (Å²) in [4.78, 5) is 25.1. The van der Waals surface area contributed by atoms with Gasteiger partial charge in [0, 0.05) is 0 Å². The van der Waals surface area contributed by atoms with Crippen LogP contribution in [0, 0.1) is 12.3 Å². The van der Waals surface area contributed by atoms with Crippen LogP contribution in [0.3, 0.4) is 0 Å². The highest BCUT2D eigenvalue weighted by atomic mass is 32.2. The average molecular weight is 372 g/mol. The molecule has 8 heteroatoms. The minimum atomic E-state index is -4.03. The van der Waals surface area contributed by atoms with Crippen LogP contribution >= 0.6 is 11.3 Å². The maximum absolute atomic E-state index is 13.0. The molecule has 1 atom stereocenters. The zero-order valence-corrected chi connectivity index (χ0v) is 15.5. The first-order chi connectivity index (χ1) is 11.3. The molecule has 1 aliphatic rings. The fourth-order valence-electron chi connectivity index (χ4n) is 2.53. The number of hydrogen-bond acceptors (Lipinski definition) is 6. The first-order valence-electron chi connectivity index (χ1n) is 8.02. The molecule has 2 rings (SSSR count). The number of ketones is 1. The topological polar surface area (TPSA) is 83.6 Å². The summed E-state index contributed by atoms with van der Waals surface area (Å²) in [6.45, 7) is 4.61. The Labute approximate surface area is 147 Å². The lowest BCUT2D eigenvalue weighted by Gasteiger charge is -2.29. The monoisotopic (exact) mass is 371 g/mol. The van der Waals surface area contributed by atoms with Gasteiger partial charge in [-0.2, -0.15) is 0 Å². The Kier molecular flexibility index (Phi) is 6.54. The third-order valence-electron chi connectivity index (χ3n) is 3.77. The normalized spacial score (nSPS) is 19.3. The first kappa shape index (κ1) is 19.1. The number of rotatable bonds is 6. The minimum Gasteiger partial charge on any atom is -0.310 e. The molecule has 1 fully saturated rings. The van der Waals surface area contributed by atoms with Gasteiger partial charge in [-0.25, -0.2) is 12.7 Å². The van der Waals surface area contributed by atoms with Crippen LogP contribution in [0.4, 0.5) is 0 Å². The van der Waals surface area contributed by atoms with Gasteiger partial charge < -0.3 is 5.32 Å². The Bertz CT molecular complexity index is 668. The van der Waals surface area contributed by atoms with Crippen LogP contribution in [0.2, 0.25) is 0 Å². The van der Waals surface area contributed by atoms with E-state index in [1.807, 2.05) is 13.8 Å². The van der Waals surface area contributed by atoms with Crippen molar-refractivity contribution in [1.82, 2.24) is 9.62 Å². The second-order valence-corrected chi connectivity index (χ2v) is 9.20. The molecule has 1 radical (unpaired) electrons. The van der Waals surface area contributed by atoms with Crippen molar-refractivity contribution in [3.63, 3.8) is 0 Å². The molecule has 133 valence electrons. The van der Waals surface area contributed by atoms with Crippen LogP contribution in [0.15, 0.2) is 21.7 Å². The van der Waals surface area contributed by atoms with Crippen molar-refractivity contribution in [3.05, 3.63) is 23.9 Å². The van der Waals surface area contributed by atoms with Gasteiger partial charge in [0.2, 0.25) is 5.91 Å². The molecule has 1 aromatic rings. The molecule has 1 N–H and O–H groups in total. The Morgan fingerprint density at radius 3 is 2.88 bits per heavy atom. The molecule has 0 spiro atoms. The van der Waals surface area contributed by atoms with Gasteiger partial charge in [0.1, 0.15) is 10.3 Å². The summed E-state index contributed by atoms with van der Waals surface area (Å²) < 4.78 is 26.8. The first-order valence-corrected chi connectivity index (χ1v) is 10.3. The van der Waals surface area contributed by atoms with Crippen LogP contribution < -0.4 is 5.32 Å². The molecule has 1 aliphatic heterocycles. The summed E-state index contributed by atoms with van der Waals surface area (Å²) in [6.07, 6.45) is 2.83. The van der Waals surface area contributed by atoms with E-state index >= 15 is 0 Å². The molecule has 6 nitrogen and oxygen atoms in total. The van der Waals surface area contributed by atoms with Crippen LogP contribution in [0.5, 0.6) is 0 Å². The van der Waals surface area contributed by atoms with Crippen LogP contribution in [-0.4, -0.2) is 43.5 Å². The van der Waals surface area contributed by atoms with Crippen LogP contribution in [0.1, 0.15) is 33.1 Å². The van der Waals surface area contributed by atoms with E-state index in [0.717, 1.165) is 15.6 Å². The third-order valence-corrected chi connectivity index (χ3v) is 6.95. The number of thiophene rings is 1. The van der Waals surface area contributed by atoms with Crippen LogP contribution in [0.25, 0.3) is 0 Å². The molecular formula is C16H23N2O4S2. The number of hydrogen-bond donors (Lipinski definition) is 1. The van der Waals surface area contributed by atoms with Crippen molar-refractivity contribution in [3.8, 4) is 0 Å². The van der Waals surface area contributed by atoms with E-state index in [2.05, 4.69) is 5.32 Å². The lowest BCUT2D eigenvalue weighted by atomic mass is 10.1. The SMILES string of the molecule is CC(C)C[CH]C(=O)N([C@H]1CCCNCC1=O)S(=O)(=O)c1cccs1. The van der Waals surface area contributed by atoms with Gasteiger partial charge in [0.25, 0.3) is 10.0 Å². The number of nitrogens with one attached hydrogen (secondary N) is 1. The molecule has 1 amide bonds. The summed E-state index contributed by atoms with van der Waals surface area (Å²) in [6, 6.07) is 2.14. The van der Waals surface area contributed by atoms with Gasteiger partial charge in [-0.05, 0) is 43.2 Å². The van der Waals surface area contributed by atoms with E-state index in [1.165, 1.54) is 12.5 Å². The Morgan fingerprint density at radius 2 is 2.25 bits per heavy atom. The van der Waals surface area contributed by atoms with Gasteiger partial charge in [-0.15, -0.1) is 11.3 Å². The minimum absolute atomic E-state index is 0.0819. The fourth-order valence-corrected chi connectivity index (χ4v) is 5.19. The fraction of sp³-hybridized carbons (Fsp3) is 0.562. The van der Waals surface area contributed by atoms with E-state index in [0.29, 0.717) is 25.8 Å². The Hall–Kier alpha value is -1.25. The van der Waals surface area contributed by atoms with E-state index in [-0.39, 0.29) is 22.5 Å². The summed E-state index contributed by atoms with van der Waals surface area (Å²) in [5.74, 6) is -0.650. The average Bonchev–Trinajstić information content (AvgIpc) is 2.99. The van der Waals surface area contributed by atoms with Crippen molar-refractivity contribution in [2.75, 3.05) is 13.1 Å². The highest BCUT2D eigenvalue weighted by Crippen LogP contribution is 2.26. The molecular weight excluding hydrogens is 348 g/mol. The molecule has 0 unspecified atom stereocenters. The number of sulfonamides is 1. The van der Waals surface area contributed by atoms with E-state index in [1.54, 1.807) is 11.4 Å². The van der Waals surface area contributed by atoms with Crippen molar-refractivity contribution in [2.24, 2.45) is 5.92 Å². The Morgan fingerprint density at radius 1 is 1.50 bits per heavy atom. The number of amides is 1. The molecule has 24 heavy (non-hydrogen) atoms. The van der Waals surface area contributed by atoms with E-state index in [4.69, 9.17) is 0 Å². The van der Waals surface area contributed by atoms with E-state index < -0.39 is 22.0 Å². The van der Waals surface area contributed by atoms with Crippen molar-refractivity contribution in [1.29, 1.82) is 0 Å². The summed E-state index contributed by atoms with van der Waals surface area (Å²) in [5, 5.41) is 4.61. The second-order valence-electron chi connectivity index (χ2n) is 6.21. The van der Waals surface area contributed by atoms with Gasteiger partial charge in [-0.3, -0.25) is 9.59 Å². The second kappa shape index (κ2) is 8.22. The van der Waals surface area contributed by atoms with Crippen LogP contribution in [-0.2, 0) is 19.6 Å². The predicted octanol–water partition coefficient (Wildman–Crippen LogP) is 1.84. The van der Waals surface area contributed by atoms with Gasteiger partial charge >= 0.3 is 0 Å². The standard InChI is InChI=1S/C16H23N2O4S2/c1-12(2)7-8-15(20)18(13-5-3-9-17-11-14(13)19)24(21,22)16-6-4-10-23-16/h4,6,8,10,12-13,17H,3,5,7,9,11H2,1-2H3/t13-/m0/s1. The molecule has 1 saturated heterocycles. The number of nitrogens with zero attached hydrogens (tertiary/aromatic N) is 1. The molecule has 0 aromatic carbocycles. The number of Topliss-reactive ketones (excluding diaryl/α,β-unsaturated/α-hetero) is 1. The lowest BCUT2D eigenvalue weighted by molar-refractivity contribution is -0.131. The predicted molar refractivity (Wildman–Crippen MR) is 93.0 cm³/mol. The number of carbonyl (C=O) groups excluding carboxylic acids is 2. The Balaban J connectivity index is 2.37. The maximum Gasteiger partial charge on any atom is 0.276 e. The molecule has 0 aliphatic carbocycles. The largest absolute Gasteiger partial charge is 0.310 e. The lowest BCUT2D eigenvalue weighted by Crippen LogP contribution is -2.49. The molecule has 0 saturated carbocycles. The molecule has 1 aromatic heterocycles. The molecule has 2 heterocycles. The van der Waals surface area contributed by atoms with E-state index in [9.17, 15) is 18.0 Å². The smallest absolute Gasteiger partial charge is 0.276 e. The van der Waals surface area contributed by atoms with Crippen molar-refractivity contribution < 1.29 is 18.0 Å². The maximum atomic E-state index is 13.0. The van der Waals surface area contributed by atoms with Gasteiger partial charge in [0.15, 0.2) is 5.78 Å². The summed E-state index contributed by atoms with van der Waals surface area (Å²) in [7, 11) is -4.03. The molecule has 0 bridgehead atoms. The quantitative estimate of drug-likeness (QED) is 0.825. The highest BCUT2D eigenvalue weighted by molar-refractivity contribution is 7.91. The van der Waals surface area contributed by atoms with Gasteiger partial charge in [0.05, 0.1) is 13.0 Å². The summed E-state index contributed by atoms with van der Waals surface area (Å²) >= 11 is 1.05. The van der Waals surface area contributed by atoms with Crippen molar-refractivity contribution in [2.45, 2.75) is 43.4 Å². The summed E-state index contributed by atoms with van der Waals surface area (Å²) in [5.41, 5.74) is 0. The number of carbonyl (C=O) groups is 2.